The van der Waals surface area contributed by atoms with Crippen molar-refractivity contribution in [3.05, 3.63) is 29.8 Å². The Morgan fingerprint density at radius 2 is 1.96 bits per heavy atom. The highest BCUT2D eigenvalue weighted by Gasteiger charge is 2.15. The van der Waals surface area contributed by atoms with E-state index in [1.807, 2.05) is 31.2 Å². The van der Waals surface area contributed by atoms with Gasteiger partial charge in [0.05, 0.1) is 0 Å². The van der Waals surface area contributed by atoms with Gasteiger partial charge in [-0.3, -0.25) is 4.79 Å². The van der Waals surface area contributed by atoms with Crippen molar-refractivity contribution in [3.63, 3.8) is 0 Å². The van der Waals surface area contributed by atoms with Crippen molar-refractivity contribution in [2.24, 2.45) is 5.92 Å². The van der Waals surface area contributed by atoms with Gasteiger partial charge in [-0.15, -0.1) is 10.2 Å². The van der Waals surface area contributed by atoms with Gasteiger partial charge in [0.15, 0.2) is 0 Å². The first-order valence-corrected chi connectivity index (χ1v) is 8.32. The van der Waals surface area contributed by atoms with Crippen LogP contribution in [0.15, 0.2) is 24.3 Å². The summed E-state index contributed by atoms with van der Waals surface area (Å²) in [5.74, 6) is 1.12. The van der Waals surface area contributed by atoms with Gasteiger partial charge >= 0.3 is 0 Å². The molecule has 6 heteroatoms. The molecule has 0 radical (unpaired) electrons. The van der Waals surface area contributed by atoms with Gasteiger partial charge in [-0.05, 0) is 30.9 Å². The Kier molecular flexibility index (Phi) is 5.00. The van der Waals surface area contributed by atoms with Crippen LogP contribution in [0.5, 0.6) is 0 Å². The maximum absolute atomic E-state index is 12.0. The first-order chi connectivity index (χ1) is 11.2. The number of carbonyl (C=O) groups excluding carboxylic acids is 1. The summed E-state index contributed by atoms with van der Waals surface area (Å²) in [6, 6.07) is 7.93. The minimum absolute atomic E-state index is 0.0524. The molecule has 6 nitrogen and oxygen atoms in total. The summed E-state index contributed by atoms with van der Waals surface area (Å²) < 4.78 is 0. The maximum atomic E-state index is 12.0. The average molecular weight is 313 g/mol. The van der Waals surface area contributed by atoms with Crippen LogP contribution in [0.1, 0.15) is 37.7 Å². The minimum Gasteiger partial charge on any atom is -0.354 e. The number of nitrogens with zero attached hydrogens (tertiary/aromatic N) is 4. The molecule has 0 bridgehead atoms. The van der Waals surface area contributed by atoms with Crippen LogP contribution in [0, 0.1) is 12.8 Å². The van der Waals surface area contributed by atoms with Crippen molar-refractivity contribution in [3.8, 4) is 11.4 Å². The van der Waals surface area contributed by atoms with Crippen LogP contribution in [-0.4, -0.2) is 32.7 Å². The number of aryl methyl sites for hydroxylation is 1. The predicted octanol–water partition coefficient (Wildman–Crippen LogP) is 2.35. The van der Waals surface area contributed by atoms with Gasteiger partial charge in [-0.2, -0.15) is 4.80 Å². The van der Waals surface area contributed by atoms with Gasteiger partial charge in [0.25, 0.3) is 0 Å². The van der Waals surface area contributed by atoms with E-state index >= 15 is 0 Å². The Balaban J connectivity index is 1.51. The third-order valence-electron chi connectivity index (χ3n) is 4.36. The molecular weight excluding hydrogens is 290 g/mol. The number of rotatable bonds is 5. The van der Waals surface area contributed by atoms with Crippen molar-refractivity contribution in [1.29, 1.82) is 0 Å². The van der Waals surface area contributed by atoms with Crippen LogP contribution >= 0.6 is 0 Å². The summed E-state index contributed by atoms with van der Waals surface area (Å²) in [5.41, 5.74) is 2.09. The summed E-state index contributed by atoms with van der Waals surface area (Å²) in [7, 11) is 0. The van der Waals surface area contributed by atoms with Gasteiger partial charge in [-0.25, -0.2) is 0 Å². The second-order valence-corrected chi connectivity index (χ2v) is 6.32. The highest BCUT2D eigenvalue weighted by molar-refractivity contribution is 5.75. The first kappa shape index (κ1) is 15.6. The summed E-state index contributed by atoms with van der Waals surface area (Å²) in [5, 5.41) is 15.3. The van der Waals surface area contributed by atoms with Crippen LogP contribution in [0.25, 0.3) is 11.4 Å². The molecule has 0 atom stereocenters. The molecule has 0 aliphatic heterocycles. The van der Waals surface area contributed by atoms with Crippen LogP contribution < -0.4 is 5.32 Å². The Bertz CT molecular complexity index is 643. The van der Waals surface area contributed by atoms with Crippen LogP contribution in [0.3, 0.4) is 0 Å². The molecule has 2 aromatic rings. The summed E-state index contributed by atoms with van der Waals surface area (Å²) >= 11 is 0. The third kappa shape index (κ3) is 4.37. The zero-order valence-electron chi connectivity index (χ0n) is 13.5. The quantitative estimate of drug-likeness (QED) is 0.919. The van der Waals surface area contributed by atoms with E-state index in [1.165, 1.54) is 42.5 Å². The predicted molar refractivity (Wildman–Crippen MR) is 87.6 cm³/mol. The standard InChI is InChI=1S/C17H23N5O/c1-13-7-9-15(10-8-13)17-19-21-22(20-17)12-16(23)18-11-14-5-3-2-4-6-14/h7-10,14H,2-6,11-12H2,1H3,(H,18,23). The molecule has 0 unspecified atom stereocenters. The van der Waals surface area contributed by atoms with Crippen LogP contribution in [0.2, 0.25) is 0 Å². The van der Waals surface area contributed by atoms with Gasteiger partial charge < -0.3 is 5.32 Å². The molecule has 1 amide bonds. The summed E-state index contributed by atoms with van der Waals surface area (Å²) in [6.45, 7) is 2.91. The molecule has 1 aliphatic carbocycles. The second-order valence-electron chi connectivity index (χ2n) is 6.32. The third-order valence-corrected chi connectivity index (χ3v) is 4.36. The second kappa shape index (κ2) is 7.35. The molecule has 1 aromatic heterocycles. The number of tetrazole rings is 1. The van der Waals surface area contributed by atoms with Gasteiger partial charge in [0, 0.05) is 12.1 Å². The van der Waals surface area contributed by atoms with Crippen molar-refractivity contribution >= 4 is 5.91 Å². The average Bonchev–Trinajstić information content (AvgIpc) is 3.03. The fourth-order valence-electron chi connectivity index (χ4n) is 2.96. The Labute approximate surface area is 136 Å². The zero-order valence-corrected chi connectivity index (χ0v) is 13.5. The molecule has 1 aromatic carbocycles. The first-order valence-electron chi connectivity index (χ1n) is 8.32. The van der Waals surface area contributed by atoms with Gasteiger partial charge in [-0.1, -0.05) is 49.1 Å². The Morgan fingerprint density at radius 1 is 1.22 bits per heavy atom. The molecule has 1 heterocycles. The number of hydrogen-bond acceptors (Lipinski definition) is 4. The van der Waals surface area contributed by atoms with Crippen molar-refractivity contribution in [2.75, 3.05) is 6.54 Å². The normalized spacial score (nSPS) is 15.5. The van der Waals surface area contributed by atoms with E-state index in [9.17, 15) is 4.79 Å². The lowest BCUT2D eigenvalue weighted by atomic mass is 9.89. The molecule has 122 valence electrons. The van der Waals surface area contributed by atoms with Crippen LogP contribution in [-0.2, 0) is 11.3 Å². The lowest BCUT2D eigenvalue weighted by Gasteiger charge is -2.21. The van der Waals surface area contributed by atoms with E-state index in [1.54, 1.807) is 0 Å². The number of hydrogen-bond donors (Lipinski definition) is 1. The SMILES string of the molecule is Cc1ccc(-c2nnn(CC(=O)NCC3CCCCC3)n2)cc1. The van der Waals surface area contributed by atoms with E-state index in [-0.39, 0.29) is 12.5 Å². The van der Waals surface area contributed by atoms with E-state index in [0.717, 1.165) is 12.1 Å². The molecule has 0 saturated heterocycles. The molecule has 1 N–H and O–H groups in total. The molecule has 1 fully saturated rings. The van der Waals surface area contributed by atoms with Crippen LogP contribution in [0.4, 0.5) is 0 Å². The number of carbonyl (C=O) groups is 1. The fraction of sp³-hybridized carbons (Fsp3) is 0.529. The topological polar surface area (TPSA) is 72.7 Å². The van der Waals surface area contributed by atoms with Gasteiger partial charge in [0.2, 0.25) is 11.7 Å². The maximum Gasteiger partial charge on any atom is 0.243 e. The van der Waals surface area contributed by atoms with Crippen molar-refractivity contribution in [1.82, 2.24) is 25.5 Å². The molecule has 3 rings (SSSR count). The lowest BCUT2D eigenvalue weighted by molar-refractivity contribution is -0.122. The van der Waals surface area contributed by atoms with Gasteiger partial charge in [0.1, 0.15) is 6.54 Å². The molecule has 23 heavy (non-hydrogen) atoms. The lowest BCUT2D eigenvalue weighted by Crippen LogP contribution is -2.33. The largest absolute Gasteiger partial charge is 0.354 e. The minimum atomic E-state index is -0.0524. The van der Waals surface area contributed by atoms with Crippen molar-refractivity contribution in [2.45, 2.75) is 45.6 Å². The van der Waals surface area contributed by atoms with E-state index in [2.05, 4.69) is 20.7 Å². The van der Waals surface area contributed by atoms with E-state index in [4.69, 9.17) is 0 Å². The molecule has 1 aliphatic rings. The highest BCUT2D eigenvalue weighted by Crippen LogP contribution is 2.22. The van der Waals surface area contributed by atoms with Crippen molar-refractivity contribution < 1.29 is 4.79 Å². The number of benzene rings is 1. The Hall–Kier alpha value is -2.24. The Morgan fingerprint density at radius 3 is 2.70 bits per heavy atom. The zero-order chi connectivity index (χ0) is 16.1. The molecular formula is C17H23N5O. The number of nitrogens with one attached hydrogen (secondary N) is 1. The molecule has 1 saturated carbocycles. The summed E-state index contributed by atoms with van der Waals surface area (Å²) in [6.07, 6.45) is 6.34. The fourth-order valence-corrected chi connectivity index (χ4v) is 2.96. The summed E-state index contributed by atoms with van der Waals surface area (Å²) in [4.78, 5) is 13.4. The molecule has 0 spiro atoms. The van der Waals surface area contributed by atoms with E-state index in [0.29, 0.717) is 11.7 Å². The highest BCUT2D eigenvalue weighted by atomic mass is 16.2. The smallest absolute Gasteiger partial charge is 0.243 e. The monoisotopic (exact) mass is 313 g/mol. The number of amides is 1. The van der Waals surface area contributed by atoms with E-state index < -0.39 is 0 Å². The number of aromatic nitrogens is 4.